The molecule has 0 bridgehead atoms. The molecule has 0 aromatic rings. The van der Waals surface area contributed by atoms with Gasteiger partial charge in [-0.15, -0.1) is 0 Å². The van der Waals surface area contributed by atoms with Gasteiger partial charge in [-0.1, -0.05) is 0 Å². The Morgan fingerprint density at radius 2 is 1.71 bits per heavy atom. The molecule has 0 unspecified atom stereocenters. The van der Waals surface area contributed by atoms with Crippen molar-refractivity contribution >= 4 is 0 Å². The van der Waals surface area contributed by atoms with Crippen molar-refractivity contribution in [1.29, 1.82) is 0 Å². The van der Waals surface area contributed by atoms with Crippen LogP contribution in [0.15, 0.2) is 0 Å². The van der Waals surface area contributed by atoms with Gasteiger partial charge in [0.05, 0.1) is 0 Å². The third-order valence-corrected chi connectivity index (χ3v) is 3.59. The predicted octanol–water partition coefficient (Wildman–Crippen LogP) is -1.25. The zero-order chi connectivity index (χ0) is 5.91. The third-order valence-electron chi connectivity index (χ3n) is 0.535. The first-order valence-electron chi connectivity index (χ1n) is 2.50. The zero-order valence-corrected chi connectivity index (χ0v) is 7.74. The van der Waals surface area contributed by atoms with Crippen LogP contribution in [0.3, 0.4) is 0 Å². The molecule has 0 heterocycles. The maximum absolute atomic E-state index is 2.34. The Balaban J connectivity index is 3.15. The monoisotopic (exact) mass is 213 g/mol. The van der Waals surface area contributed by atoms with Gasteiger partial charge in [0, 0.05) is 0 Å². The van der Waals surface area contributed by atoms with Crippen molar-refractivity contribution < 1.29 is 21.2 Å². The molecular weight excluding hydrogens is 199 g/mol. The van der Waals surface area contributed by atoms with E-state index in [0.717, 1.165) is 0 Å². The summed E-state index contributed by atoms with van der Waals surface area (Å²) in [6, 6.07) is 0. The standard InChI is InChI=1S/C6H14I/c1-6(2,3)5-7-4/h5H2,1-4H3/q-1. The summed E-state index contributed by atoms with van der Waals surface area (Å²) in [6.45, 7) is 6.91. The summed E-state index contributed by atoms with van der Waals surface area (Å²) in [5, 5.41) is 0. The quantitative estimate of drug-likeness (QED) is 0.377. The SMILES string of the molecule is C[I-]CC(C)(C)C. The molecule has 0 aromatic heterocycles. The Kier molecular flexibility index (Phi) is 3.20. The van der Waals surface area contributed by atoms with E-state index in [1.165, 1.54) is 4.43 Å². The van der Waals surface area contributed by atoms with Crippen molar-refractivity contribution in [3.8, 4) is 0 Å². The first-order chi connectivity index (χ1) is 3.06. The number of alkyl halides is 2. The van der Waals surface area contributed by atoms with Crippen molar-refractivity contribution in [2.45, 2.75) is 20.8 Å². The number of rotatable bonds is 1. The van der Waals surface area contributed by atoms with Gasteiger partial charge in [0.25, 0.3) is 0 Å². The first kappa shape index (κ1) is 7.73. The topological polar surface area (TPSA) is 0 Å². The Morgan fingerprint density at radius 3 is 1.71 bits per heavy atom. The minimum absolute atomic E-state index is 0.518. The van der Waals surface area contributed by atoms with Crippen molar-refractivity contribution in [2.24, 2.45) is 5.41 Å². The minimum atomic E-state index is 0.518. The van der Waals surface area contributed by atoms with E-state index >= 15 is 0 Å². The van der Waals surface area contributed by atoms with E-state index in [0.29, 0.717) is 26.6 Å². The first-order valence-corrected chi connectivity index (χ1v) is 6.18. The van der Waals surface area contributed by atoms with Crippen LogP contribution in [0.2, 0.25) is 0 Å². The van der Waals surface area contributed by atoms with Gasteiger partial charge >= 0.3 is 56.7 Å². The Labute approximate surface area is 56.9 Å². The van der Waals surface area contributed by atoms with Crippen molar-refractivity contribution in [1.82, 2.24) is 0 Å². The van der Waals surface area contributed by atoms with Gasteiger partial charge in [-0.2, -0.15) is 0 Å². The Bertz CT molecular complexity index is 42.6. The molecular formula is C6H14I-. The van der Waals surface area contributed by atoms with E-state index in [2.05, 4.69) is 25.7 Å². The van der Waals surface area contributed by atoms with Crippen LogP contribution in [-0.2, 0) is 0 Å². The Morgan fingerprint density at radius 1 is 1.29 bits per heavy atom. The maximum atomic E-state index is 2.34. The van der Waals surface area contributed by atoms with Crippen molar-refractivity contribution in [3.05, 3.63) is 0 Å². The molecule has 7 heavy (non-hydrogen) atoms. The molecule has 0 fully saturated rings. The van der Waals surface area contributed by atoms with Crippen molar-refractivity contribution in [2.75, 3.05) is 9.36 Å². The second-order valence-corrected chi connectivity index (χ2v) is 5.25. The van der Waals surface area contributed by atoms with E-state index in [-0.39, 0.29) is 0 Å². The van der Waals surface area contributed by atoms with Gasteiger partial charge in [-0.25, -0.2) is 0 Å². The number of halogens is 1. The molecule has 0 spiro atoms. The van der Waals surface area contributed by atoms with Gasteiger partial charge in [-0.05, 0) is 0 Å². The molecule has 0 aliphatic carbocycles. The fourth-order valence-electron chi connectivity index (χ4n) is 0.401. The van der Waals surface area contributed by atoms with E-state index in [9.17, 15) is 0 Å². The summed E-state index contributed by atoms with van der Waals surface area (Å²) < 4.78 is 1.45. The molecule has 0 aromatic carbocycles. The molecule has 0 atom stereocenters. The molecule has 0 amide bonds. The molecule has 0 saturated carbocycles. The fourth-order valence-corrected chi connectivity index (χ4v) is 2.69. The summed E-state index contributed by atoms with van der Waals surface area (Å²) in [6.07, 6.45) is 0. The molecule has 0 N–H and O–H groups in total. The van der Waals surface area contributed by atoms with Crippen LogP contribution in [0, 0.1) is 5.41 Å². The van der Waals surface area contributed by atoms with Crippen LogP contribution >= 0.6 is 0 Å². The third kappa shape index (κ3) is 6.73. The fraction of sp³-hybridized carbons (Fsp3) is 1.00. The molecule has 0 saturated heterocycles. The molecule has 0 nitrogen and oxygen atoms in total. The molecule has 46 valence electrons. The number of hydrogen-bond donors (Lipinski definition) is 0. The average Bonchev–Trinajstić information content (AvgIpc) is 1.30. The van der Waals surface area contributed by atoms with Gasteiger partial charge in [-0.3, -0.25) is 0 Å². The van der Waals surface area contributed by atoms with Crippen LogP contribution in [0.5, 0.6) is 0 Å². The van der Waals surface area contributed by atoms with Crippen LogP contribution in [0.25, 0.3) is 0 Å². The summed E-state index contributed by atoms with van der Waals surface area (Å²) in [5.74, 6) is 0. The average molecular weight is 213 g/mol. The predicted molar refractivity (Wildman–Crippen MR) is 30.2 cm³/mol. The second kappa shape index (κ2) is 2.90. The van der Waals surface area contributed by atoms with Gasteiger partial charge in [0.1, 0.15) is 0 Å². The summed E-state index contributed by atoms with van der Waals surface area (Å²) in [5.41, 5.74) is 0.599. The van der Waals surface area contributed by atoms with E-state index < -0.39 is 0 Å². The summed E-state index contributed by atoms with van der Waals surface area (Å²) in [7, 11) is 0. The van der Waals surface area contributed by atoms with E-state index in [1.54, 1.807) is 0 Å². The normalized spacial score (nSPS) is 12.6. The molecule has 1 heteroatoms. The van der Waals surface area contributed by atoms with Crippen LogP contribution in [0.4, 0.5) is 0 Å². The molecule has 0 rings (SSSR count). The van der Waals surface area contributed by atoms with Gasteiger partial charge < -0.3 is 0 Å². The molecule has 0 aliphatic rings. The Hall–Kier alpha value is 0.730. The van der Waals surface area contributed by atoms with Gasteiger partial charge in [0.15, 0.2) is 0 Å². The summed E-state index contributed by atoms with van der Waals surface area (Å²) in [4.78, 5) is 2.34. The zero-order valence-electron chi connectivity index (χ0n) is 5.59. The van der Waals surface area contributed by atoms with E-state index in [4.69, 9.17) is 0 Å². The van der Waals surface area contributed by atoms with Crippen LogP contribution in [-0.4, -0.2) is 9.36 Å². The van der Waals surface area contributed by atoms with Crippen molar-refractivity contribution in [3.63, 3.8) is 0 Å². The molecule has 0 radical (unpaired) electrons. The van der Waals surface area contributed by atoms with E-state index in [1.807, 2.05) is 0 Å². The van der Waals surface area contributed by atoms with Gasteiger partial charge in [0.2, 0.25) is 0 Å². The molecule has 0 aliphatic heterocycles. The summed E-state index contributed by atoms with van der Waals surface area (Å²) >= 11 is 0.518. The second-order valence-electron chi connectivity index (χ2n) is 2.96. The number of hydrogen-bond acceptors (Lipinski definition) is 0. The van der Waals surface area contributed by atoms with Crippen LogP contribution in [0.1, 0.15) is 20.8 Å². The van der Waals surface area contributed by atoms with Crippen LogP contribution < -0.4 is 21.2 Å².